The first-order valence-electron chi connectivity index (χ1n) is 12.7. The third-order valence-corrected chi connectivity index (χ3v) is 6.95. The monoisotopic (exact) mass is 556 g/mol. The fourth-order valence-corrected chi connectivity index (χ4v) is 4.84. The summed E-state index contributed by atoms with van der Waals surface area (Å²) in [6.07, 6.45) is 6.18. The molecule has 0 unspecified atom stereocenters. The number of methoxy groups -OCH3 is 4. The van der Waals surface area contributed by atoms with Gasteiger partial charge in [-0.15, -0.1) is 0 Å². The van der Waals surface area contributed by atoms with Gasteiger partial charge in [-0.3, -0.25) is 4.79 Å². The highest BCUT2D eigenvalue weighted by Crippen LogP contribution is 2.42. The van der Waals surface area contributed by atoms with Gasteiger partial charge in [0.15, 0.2) is 23.0 Å². The third kappa shape index (κ3) is 7.23. The van der Waals surface area contributed by atoms with Gasteiger partial charge in [0.1, 0.15) is 0 Å². The summed E-state index contributed by atoms with van der Waals surface area (Å²) < 4.78 is 21.7. The number of rotatable bonds is 10. The van der Waals surface area contributed by atoms with Crippen molar-refractivity contribution < 1.29 is 43.5 Å². The second-order valence-electron chi connectivity index (χ2n) is 9.52. The van der Waals surface area contributed by atoms with Gasteiger partial charge in [-0.25, -0.2) is 9.59 Å². The van der Waals surface area contributed by atoms with Crippen molar-refractivity contribution in [1.29, 1.82) is 0 Å². The molecule has 1 amide bonds. The smallest absolute Gasteiger partial charge is 0.414 e. The molecule has 0 saturated heterocycles. The number of carboxylic acid groups (broad SMARTS) is 2. The van der Waals surface area contributed by atoms with Crippen molar-refractivity contribution in [3.63, 3.8) is 0 Å². The summed E-state index contributed by atoms with van der Waals surface area (Å²) in [5, 5.41) is 14.8. The maximum Gasteiger partial charge on any atom is 0.414 e. The summed E-state index contributed by atoms with van der Waals surface area (Å²) in [7, 11) is 8.72. The Labute approximate surface area is 233 Å². The number of ether oxygens (including phenoxy) is 4. The van der Waals surface area contributed by atoms with Gasteiger partial charge in [0.05, 0.1) is 34.9 Å². The summed E-state index contributed by atoms with van der Waals surface area (Å²) >= 11 is 0. The van der Waals surface area contributed by atoms with Gasteiger partial charge < -0.3 is 39.0 Å². The molecule has 1 heterocycles. The Morgan fingerprint density at radius 2 is 1.45 bits per heavy atom. The van der Waals surface area contributed by atoms with Crippen LogP contribution in [0.2, 0.25) is 0 Å². The van der Waals surface area contributed by atoms with E-state index < -0.39 is 11.9 Å². The number of benzene rings is 2. The van der Waals surface area contributed by atoms with E-state index in [1.165, 1.54) is 11.1 Å². The molecule has 2 aliphatic rings. The first-order valence-corrected chi connectivity index (χ1v) is 12.7. The summed E-state index contributed by atoms with van der Waals surface area (Å²) in [4.78, 5) is 35.2. The van der Waals surface area contributed by atoms with Crippen LogP contribution in [0, 0.1) is 0 Å². The van der Waals surface area contributed by atoms with Crippen molar-refractivity contribution in [2.45, 2.75) is 25.2 Å². The molecule has 0 fully saturated rings. The quantitative estimate of drug-likeness (QED) is 0.421. The Morgan fingerprint density at radius 3 is 2.02 bits per heavy atom. The topological polar surface area (TPSA) is 135 Å². The van der Waals surface area contributed by atoms with Crippen molar-refractivity contribution in [3.05, 3.63) is 52.7 Å². The highest BCUT2D eigenvalue weighted by Gasteiger charge is 2.29. The molecule has 0 aromatic heterocycles. The first kappa shape index (κ1) is 30.3. The number of fused-ring (bicyclic) bond motifs is 2. The Bertz CT molecular complexity index is 1260. The second kappa shape index (κ2) is 13.7. The minimum atomic E-state index is -1.82. The molecule has 4 rings (SSSR count). The molecule has 1 aliphatic heterocycles. The largest absolute Gasteiger partial charge is 0.493 e. The molecule has 40 heavy (non-hydrogen) atoms. The van der Waals surface area contributed by atoms with Crippen molar-refractivity contribution in [3.8, 4) is 23.0 Å². The normalized spacial score (nSPS) is 15.1. The molecular weight excluding hydrogens is 520 g/mol. The van der Waals surface area contributed by atoms with Crippen LogP contribution >= 0.6 is 0 Å². The van der Waals surface area contributed by atoms with Crippen LogP contribution < -0.4 is 18.9 Å². The van der Waals surface area contributed by atoms with E-state index in [0.29, 0.717) is 30.4 Å². The molecule has 1 atom stereocenters. The van der Waals surface area contributed by atoms with Gasteiger partial charge in [0, 0.05) is 25.2 Å². The maximum absolute atomic E-state index is 12.9. The lowest BCUT2D eigenvalue weighted by Crippen LogP contribution is -2.34. The van der Waals surface area contributed by atoms with Crippen LogP contribution in [-0.4, -0.2) is 93.0 Å². The number of carboxylic acids is 2. The van der Waals surface area contributed by atoms with Crippen LogP contribution in [0.15, 0.2) is 30.5 Å². The number of carbonyl (C=O) groups is 3. The predicted octanol–water partition coefficient (Wildman–Crippen LogP) is 2.89. The lowest BCUT2D eigenvalue weighted by molar-refractivity contribution is -0.159. The fraction of sp³-hybridized carbons (Fsp3) is 0.414. The lowest BCUT2D eigenvalue weighted by atomic mass is 9.77. The van der Waals surface area contributed by atoms with Crippen molar-refractivity contribution in [1.82, 2.24) is 9.80 Å². The van der Waals surface area contributed by atoms with E-state index >= 15 is 0 Å². The Kier molecular flexibility index (Phi) is 10.4. The van der Waals surface area contributed by atoms with E-state index in [9.17, 15) is 4.79 Å². The van der Waals surface area contributed by atoms with E-state index in [1.54, 1.807) is 28.4 Å². The lowest BCUT2D eigenvalue weighted by Gasteiger charge is -2.34. The molecule has 2 aromatic carbocycles. The van der Waals surface area contributed by atoms with Crippen molar-refractivity contribution in [2.75, 3.05) is 55.1 Å². The number of hydrogen-bond donors (Lipinski definition) is 2. The fourth-order valence-electron chi connectivity index (χ4n) is 4.84. The van der Waals surface area contributed by atoms with Crippen LogP contribution in [-0.2, 0) is 27.2 Å². The zero-order chi connectivity index (χ0) is 29.4. The van der Waals surface area contributed by atoms with E-state index in [1.807, 2.05) is 29.3 Å². The van der Waals surface area contributed by atoms with E-state index in [4.69, 9.17) is 38.7 Å². The number of likely N-dealkylation sites (N-methyl/N-ethyl adjacent to an activating group) is 1. The average molecular weight is 557 g/mol. The molecule has 1 aliphatic carbocycles. The standard InChI is InChI=1S/C27H34N2O5.C2H2O4/c1-28(17-21-11-20-14-25(33-4)26(34-5)16-22(20)21)8-6-9-29-10-7-18-12-23(31-2)24(32-3)13-19(18)15-27(29)30;3-1(4)2(5)6/h7,10,12-14,16,21H,6,8-9,11,15,17H2,1-5H3;(H,3,4)(H,5,6)/t21-;/m1./s1. The minimum Gasteiger partial charge on any atom is -0.493 e. The molecular formula is C29H36N2O9. The summed E-state index contributed by atoms with van der Waals surface area (Å²) in [5.74, 6) is -0.158. The van der Waals surface area contributed by atoms with Gasteiger partial charge in [-0.1, -0.05) is 0 Å². The summed E-state index contributed by atoms with van der Waals surface area (Å²) in [5.41, 5.74) is 4.62. The first-order chi connectivity index (χ1) is 19.1. The van der Waals surface area contributed by atoms with E-state index in [-0.39, 0.29) is 5.91 Å². The zero-order valence-electron chi connectivity index (χ0n) is 23.4. The van der Waals surface area contributed by atoms with Crippen molar-refractivity contribution in [2.24, 2.45) is 0 Å². The highest BCUT2D eigenvalue weighted by molar-refractivity contribution is 6.27. The zero-order valence-corrected chi connectivity index (χ0v) is 23.4. The molecule has 2 N–H and O–H groups in total. The van der Waals surface area contributed by atoms with Crippen LogP contribution in [0.3, 0.4) is 0 Å². The molecule has 216 valence electrons. The Morgan fingerprint density at radius 1 is 0.900 bits per heavy atom. The molecule has 0 radical (unpaired) electrons. The van der Waals surface area contributed by atoms with E-state index in [0.717, 1.165) is 48.6 Å². The van der Waals surface area contributed by atoms with Gasteiger partial charge >= 0.3 is 11.9 Å². The van der Waals surface area contributed by atoms with Crippen LogP contribution in [0.5, 0.6) is 23.0 Å². The van der Waals surface area contributed by atoms with Gasteiger partial charge in [-0.2, -0.15) is 0 Å². The maximum atomic E-state index is 12.9. The van der Waals surface area contributed by atoms with Crippen LogP contribution in [0.4, 0.5) is 0 Å². The van der Waals surface area contributed by atoms with Crippen molar-refractivity contribution >= 4 is 23.9 Å². The molecule has 0 bridgehead atoms. The molecule has 0 spiro atoms. The van der Waals surface area contributed by atoms with Crippen LogP contribution in [0.25, 0.3) is 6.08 Å². The van der Waals surface area contributed by atoms with Gasteiger partial charge in [-0.05, 0) is 79.0 Å². The highest BCUT2D eigenvalue weighted by atomic mass is 16.5. The SMILES string of the molecule is COc1cc2c(cc1OC)CC(=O)N(CCCN(C)C[C@H]1Cc3cc(OC)c(OC)cc31)C=C2.O=C(O)C(=O)O. The van der Waals surface area contributed by atoms with Gasteiger partial charge in [0.25, 0.3) is 0 Å². The molecule has 0 saturated carbocycles. The average Bonchev–Trinajstić information content (AvgIpc) is 3.08. The third-order valence-electron chi connectivity index (χ3n) is 6.95. The Balaban J connectivity index is 0.000000663. The number of carbonyl (C=O) groups excluding carboxylic acids is 1. The number of nitrogens with zero attached hydrogens (tertiary/aromatic N) is 2. The molecule has 11 nitrogen and oxygen atoms in total. The number of aliphatic carboxylic acids is 2. The predicted molar refractivity (Wildman–Crippen MR) is 147 cm³/mol. The second-order valence-corrected chi connectivity index (χ2v) is 9.52. The molecule has 2 aromatic rings. The summed E-state index contributed by atoms with van der Waals surface area (Å²) in [6.45, 7) is 2.59. The molecule has 11 heteroatoms. The van der Waals surface area contributed by atoms with E-state index in [2.05, 4.69) is 24.1 Å². The number of amides is 1. The van der Waals surface area contributed by atoms with Crippen LogP contribution in [0.1, 0.15) is 34.6 Å². The number of hydrogen-bond acceptors (Lipinski definition) is 8. The summed E-state index contributed by atoms with van der Waals surface area (Å²) in [6, 6.07) is 8.02. The minimum absolute atomic E-state index is 0.0961. The van der Waals surface area contributed by atoms with Gasteiger partial charge in [0.2, 0.25) is 5.91 Å². The Hall–Kier alpha value is -4.25.